The Hall–Kier alpha value is -3.24. The molecule has 3 aromatic rings. The number of halogens is 1. The van der Waals surface area contributed by atoms with Crippen LogP contribution in [0.2, 0.25) is 0 Å². The highest BCUT2D eigenvalue weighted by Crippen LogP contribution is 2.21. The number of aromatic hydroxyl groups is 1. The van der Waals surface area contributed by atoms with Crippen molar-refractivity contribution in [2.75, 3.05) is 41.9 Å². The Morgan fingerprint density at radius 2 is 1.83 bits per heavy atom. The van der Waals surface area contributed by atoms with Crippen molar-refractivity contribution in [3.8, 4) is 5.75 Å². The molecule has 0 aliphatic carbocycles. The predicted octanol–water partition coefficient (Wildman–Crippen LogP) is 3.37. The van der Waals surface area contributed by atoms with Gasteiger partial charge in [0.15, 0.2) is 0 Å². The second kappa shape index (κ2) is 9.51. The molecule has 154 valence electrons. The molecule has 0 unspecified atom stereocenters. The van der Waals surface area contributed by atoms with Crippen molar-refractivity contribution in [3.63, 3.8) is 0 Å². The van der Waals surface area contributed by atoms with E-state index in [2.05, 4.69) is 46.7 Å². The molecule has 0 saturated carbocycles. The van der Waals surface area contributed by atoms with Crippen LogP contribution in [-0.4, -0.2) is 52.6 Å². The third-order valence-corrected chi connectivity index (χ3v) is 4.74. The van der Waals surface area contributed by atoms with Gasteiger partial charge in [-0.3, -0.25) is 0 Å². The van der Waals surface area contributed by atoms with Gasteiger partial charge in [-0.1, -0.05) is 34.1 Å². The van der Waals surface area contributed by atoms with Crippen molar-refractivity contribution < 1.29 is 9.84 Å². The van der Waals surface area contributed by atoms with Crippen LogP contribution < -0.4 is 15.6 Å². The highest BCUT2D eigenvalue weighted by atomic mass is 79.9. The van der Waals surface area contributed by atoms with Crippen molar-refractivity contribution in [1.29, 1.82) is 0 Å². The molecule has 10 heteroatoms. The summed E-state index contributed by atoms with van der Waals surface area (Å²) in [6, 6.07) is 14.5. The van der Waals surface area contributed by atoms with Crippen molar-refractivity contribution in [1.82, 2.24) is 15.0 Å². The Morgan fingerprint density at radius 3 is 2.63 bits per heavy atom. The van der Waals surface area contributed by atoms with Gasteiger partial charge in [0.2, 0.25) is 17.8 Å². The molecule has 1 aliphatic rings. The fourth-order valence-electron chi connectivity index (χ4n) is 2.84. The van der Waals surface area contributed by atoms with E-state index in [1.54, 1.807) is 24.4 Å². The zero-order chi connectivity index (χ0) is 20.8. The van der Waals surface area contributed by atoms with Crippen LogP contribution in [0.15, 0.2) is 58.1 Å². The zero-order valence-electron chi connectivity index (χ0n) is 16.0. The van der Waals surface area contributed by atoms with Gasteiger partial charge in [0.1, 0.15) is 5.75 Å². The molecule has 30 heavy (non-hydrogen) atoms. The number of hydrogen-bond acceptors (Lipinski definition) is 9. The number of hydrazone groups is 1. The summed E-state index contributed by atoms with van der Waals surface area (Å²) in [6.07, 6.45) is 1.58. The van der Waals surface area contributed by atoms with Crippen LogP contribution in [0.5, 0.6) is 5.75 Å². The minimum atomic E-state index is 0.175. The second-order valence-electron chi connectivity index (χ2n) is 6.48. The third kappa shape index (κ3) is 5.43. The average molecular weight is 470 g/mol. The van der Waals surface area contributed by atoms with Gasteiger partial charge in [0.05, 0.1) is 19.4 Å². The van der Waals surface area contributed by atoms with E-state index in [1.807, 2.05) is 35.2 Å². The Morgan fingerprint density at radius 1 is 1.03 bits per heavy atom. The van der Waals surface area contributed by atoms with Gasteiger partial charge in [-0.15, -0.1) is 0 Å². The van der Waals surface area contributed by atoms with Crippen molar-refractivity contribution >= 4 is 45.7 Å². The van der Waals surface area contributed by atoms with E-state index >= 15 is 0 Å². The number of phenolic OH excluding ortho intramolecular Hbond substituents is 1. The van der Waals surface area contributed by atoms with Crippen molar-refractivity contribution in [3.05, 3.63) is 58.6 Å². The van der Waals surface area contributed by atoms with Crippen LogP contribution in [0.1, 0.15) is 5.56 Å². The molecule has 0 spiro atoms. The standard InChI is InChI=1S/C20H20BrN7O2/c21-15-4-2-5-16(12-15)23-18-24-19(26-20(25-18)28-7-9-30-10-8-28)27-22-13-14-3-1-6-17(29)11-14/h1-6,11-13,29H,7-10H2,(H2,23,24,25,26,27)/b22-13+. The fraction of sp³-hybridized carbons (Fsp3) is 0.200. The van der Waals surface area contributed by atoms with Crippen LogP contribution in [0.4, 0.5) is 23.5 Å². The first-order valence-electron chi connectivity index (χ1n) is 9.35. The number of hydrogen-bond donors (Lipinski definition) is 3. The van der Waals surface area contributed by atoms with Gasteiger partial charge in [-0.2, -0.15) is 20.1 Å². The number of ether oxygens (including phenoxy) is 1. The lowest BCUT2D eigenvalue weighted by Gasteiger charge is -2.27. The quantitative estimate of drug-likeness (QED) is 0.372. The normalized spacial score (nSPS) is 14.1. The highest BCUT2D eigenvalue weighted by molar-refractivity contribution is 9.10. The predicted molar refractivity (Wildman–Crippen MR) is 120 cm³/mol. The SMILES string of the molecule is Oc1cccc(/C=N/Nc2nc(Nc3cccc(Br)c3)nc(N3CCOCC3)n2)c1. The Labute approximate surface area is 182 Å². The number of phenols is 1. The summed E-state index contributed by atoms with van der Waals surface area (Å²) in [6.45, 7) is 2.65. The number of nitrogens with zero attached hydrogens (tertiary/aromatic N) is 5. The molecule has 3 N–H and O–H groups in total. The van der Waals surface area contributed by atoms with E-state index in [1.165, 1.54) is 0 Å². The lowest BCUT2D eigenvalue weighted by atomic mass is 10.2. The molecule has 1 aliphatic heterocycles. The molecule has 0 bridgehead atoms. The average Bonchev–Trinajstić information content (AvgIpc) is 2.74. The minimum Gasteiger partial charge on any atom is -0.508 e. The number of morpholine rings is 1. The summed E-state index contributed by atoms with van der Waals surface area (Å²) in [7, 11) is 0. The van der Waals surface area contributed by atoms with Crippen LogP contribution >= 0.6 is 15.9 Å². The summed E-state index contributed by atoms with van der Waals surface area (Å²) in [4.78, 5) is 15.5. The number of nitrogens with one attached hydrogen (secondary N) is 2. The summed E-state index contributed by atoms with van der Waals surface area (Å²) < 4.78 is 6.37. The monoisotopic (exact) mass is 469 g/mol. The van der Waals surface area contributed by atoms with Gasteiger partial charge in [-0.05, 0) is 35.9 Å². The van der Waals surface area contributed by atoms with E-state index in [0.717, 1.165) is 15.7 Å². The molecule has 1 fully saturated rings. The van der Waals surface area contributed by atoms with Crippen LogP contribution in [-0.2, 0) is 4.74 Å². The second-order valence-corrected chi connectivity index (χ2v) is 7.40. The number of aromatic nitrogens is 3. The number of benzene rings is 2. The lowest BCUT2D eigenvalue weighted by Crippen LogP contribution is -2.37. The van der Waals surface area contributed by atoms with Crippen molar-refractivity contribution in [2.45, 2.75) is 0 Å². The van der Waals surface area contributed by atoms with Crippen LogP contribution in [0, 0.1) is 0 Å². The first-order valence-corrected chi connectivity index (χ1v) is 10.1. The Balaban J connectivity index is 1.57. The molecule has 2 aromatic carbocycles. The van der Waals surface area contributed by atoms with Crippen molar-refractivity contribution in [2.24, 2.45) is 5.10 Å². The molecule has 0 atom stereocenters. The first kappa shape index (κ1) is 20.0. The molecule has 4 rings (SSSR count). The van der Waals surface area contributed by atoms with E-state index in [4.69, 9.17) is 4.74 Å². The van der Waals surface area contributed by atoms with E-state index in [0.29, 0.717) is 44.1 Å². The molecule has 1 aromatic heterocycles. The molecule has 1 saturated heterocycles. The Kier molecular flexibility index (Phi) is 6.35. The first-order chi connectivity index (χ1) is 14.7. The summed E-state index contributed by atoms with van der Waals surface area (Å²) in [5, 5.41) is 17.0. The third-order valence-electron chi connectivity index (χ3n) is 4.25. The summed E-state index contributed by atoms with van der Waals surface area (Å²) >= 11 is 3.46. The van der Waals surface area contributed by atoms with Gasteiger partial charge in [0.25, 0.3) is 0 Å². The Bertz CT molecular complexity index is 1040. The van der Waals surface area contributed by atoms with E-state index < -0.39 is 0 Å². The smallest absolute Gasteiger partial charge is 0.250 e. The zero-order valence-corrected chi connectivity index (χ0v) is 17.6. The molecule has 0 radical (unpaired) electrons. The lowest BCUT2D eigenvalue weighted by molar-refractivity contribution is 0.122. The number of anilines is 4. The van der Waals surface area contributed by atoms with Crippen LogP contribution in [0.3, 0.4) is 0 Å². The number of rotatable bonds is 6. The summed E-state index contributed by atoms with van der Waals surface area (Å²) in [5.74, 6) is 1.43. The van der Waals surface area contributed by atoms with E-state index in [-0.39, 0.29) is 5.75 Å². The highest BCUT2D eigenvalue weighted by Gasteiger charge is 2.16. The fourth-order valence-corrected chi connectivity index (χ4v) is 3.24. The van der Waals surface area contributed by atoms with Crippen LogP contribution in [0.25, 0.3) is 0 Å². The molecular weight excluding hydrogens is 450 g/mol. The van der Waals surface area contributed by atoms with Gasteiger partial charge >= 0.3 is 0 Å². The maximum absolute atomic E-state index is 9.56. The molecule has 0 amide bonds. The van der Waals surface area contributed by atoms with Gasteiger partial charge in [-0.25, -0.2) is 5.43 Å². The van der Waals surface area contributed by atoms with Gasteiger partial charge < -0.3 is 20.1 Å². The van der Waals surface area contributed by atoms with Gasteiger partial charge in [0, 0.05) is 23.2 Å². The maximum Gasteiger partial charge on any atom is 0.250 e. The topological polar surface area (TPSA) is 108 Å². The molecule has 9 nitrogen and oxygen atoms in total. The molecular formula is C20H20BrN7O2. The summed E-state index contributed by atoms with van der Waals surface area (Å²) in [5.41, 5.74) is 4.44. The largest absolute Gasteiger partial charge is 0.508 e. The molecule has 2 heterocycles. The van der Waals surface area contributed by atoms with E-state index in [9.17, 15) is 5.11 Å². The minimum absolute atomic E-state index is 0.175. The maximum atomic E-state index is 9.56.